The topological polar surface area (TPSA) is 250 Å². The lowest BCUT2D eigenvalue weighted by Gasteiger charge is -2.56. The van der Waals surface area contributed by atoms with Crippen molar-refractivity contribution in [3.05, 3.63) is 0 Å². The Morgan fingerprint density at radius 2 is 0.380 bits per heavy atom. The molecule has 0 amide bonds. The number of unbranched alkanes of at least 4 members (excludes halogenated alkanes) is 6. The molecule has 6 fully saturated rings. The second kappa shape index (κ2) is 52.4. The molecule has 6 aliphatic rings. The Bertz CT molecular complexity index is 3860. The molecule has 3 aromatic heterocycles. The molecule has 31 heteroatoms. The molecule has 9 heterocycles. The van der Waals surface area contributed by atoms with Gasteiger partial charge in [-0.3, -0.25) is 29.0 Å². The Balaban J connectivity index is 1.21. The largest absolute Gasteiger partial charge is 0.353 e. The second-order valence-corrected chi connectivity index (χ2v) is 50.5. The van der Waals surface area contributed by atoms with Crippen molar-refractivity contribution < 1.29 is 29.0 Å². The van der Waals surface area contributed by atoms with Crippen molar-refractivity contribution in [3.8, 4) is 0 Å². The first-order chi connectivity index (χ1) is 66.8. The van der Waals surface area contributed by atoms with Crippen molar-refractivity contribution in [3.63, 3.8) is 0 Å². The third kappa shape index (κ3) is 31.2. The predicted molar refractivity (Wildman–Crippen MR) is 591 cm³/mol. The zero-order chi connectivity index (χ0) is 105. The molecule has 3 N–H and O–H groups in total. The summed E-state index contributed by atoms with van der Waals surface area (Å²) >= 11 is 0. The number of piperidine rings is 6. The molecule has 6 aliphatic heterocycles. The van der Waals surface area contributed by atoms with Crippen molar-refractivity contribution in [2.45, 2.75) is 545 Å². The molecule has 31 nitrogen and oxygen atoms in total. The van der Waals surface area contributed by atoms with Gasteiger partial charge in [-0.25, -0.2) is 0 Å². The Labute approximate surface area is 866 Å². The lowest BCUT2D eigenvalue weighted by molar-refractivity contribution is -0.282. The summed E-state index contributed by atoms with van der Waals surface area (Å²) < 4.78 is 0. The van der Waals surface area contributed by atoms with E-state index in [2.05, 4.69) is 330 Å². The minimum absolute atomic E-state index is 0.0757. The average molecular weight is 1990 g/mol. The number of nitrogens with one attached hydrogen (secondary N) is 3. The van der Waals surface area contributed by atoms with Crippen LogP contribution in [0, 0.1) is 0 Å². The van der Waals surface area contributed by atoms with Gasteiger partial charge in [0.15, 0.2) is 0 Å². The number of rotatable bonds is 60. The van der Waals surface area contributed by atoms with Gasteiger partial charge in [-0.05, 0) is 320 Å². The normalized spacial score (nSPS) is 21.7. The summed E-state index contributed by atoms with van der Waals surface area (Å²) in [5.41, 5.74) is -3.52. The fourth-order valence-electron chi connectivity index (χ4n) is 25.8. The molecular weight excluding hydrogens is 1780 g/mol. The van der Waals surface area contributed by atoms with E-state index in [1.54, 1.807) is 0 Å². The van der Waals surface area contributed by atoms with Gasteiger partial charge in [-0.2, -0.15) is 75.2 Å². The molecule has 0 aromatic carbocycles. The SMILES string of the molecule is CCCCN(c1nc(NCCNCCN(CCNc2nc(N(CCCC)C3CC(C)(C)N(OCCC)C(C)(C)C3)nc(N(CCCC)C3CC(C)(C)N(OCCC)C(C)(C)C3)n2)c2nc(N(CCCC)C3CC(C)(C)N(OCCC)C(C)(C)C3)nc(N(CCCC)C3CC(C)(C)N(OCCC)C(C)(C)C3)n2)nc(N(CCCC)C2CC(C)(C)N(OCCC)C(C)(C)C2)n1)C1CC(C)(C)N(OCCC)C(C)(C)C1. The van der Waals surface area contributed by atoms with Gasteiger partial charge in [-0.15, -0.1) is 0 Å². The van der Waals surface area contributed by atoms with Crippen LogP contribution in [0.25, 0.3) is 0 Å². The van der Waals surface area contributed by atoms with E-state index in [-0.39, 0.29) is 103 Å². The molecule has 0 spiro atoms. The number of hydrogen-bond donors (Lipinski definition) is 3. The van der Waals surface area contributed by atoms with Gasteiger partial charge in [0.2, 0.25) is 53.5 Å². The standard InChI is InChI=1S/C111H213N25O6/c1-37-49-59-125(85-73-100(13,14)131(137-67-43-7)101(15,16)74-85)94-115-91(116-95(121-94)126(60-50-38-2)86-75-102(17,18)132(138-68-44-8)103(19,20)76-86)113-56-55-112-57-65-124(93-119-98(129(63-53-41-5)89-81-108(29,30)135(141-71-47-11)109(31,32)82-89)123-99(120-93)130(64-54-42-6)90-83-110(33,34)136(142-72-48-12)111(35,36)84-90)66-58-114-92-117-96(127(61-51-39-3)87-77-104(21,22)133(139-69-45-9)105(23,24)78-87)122-97(118-92)128(62-52-40-4)88-79-106(25,26)134(140-70-46-10)107(27,28)80-88/h85-90,112H,37-84H2,1-36H3,(H,113,115,116,121)(H,114,117,118,122). The summed E-state index contributed by atoms with van der Waals surface area (Å²) in [7, 11) is 0. The van der Waals surface area contributed by atoms with Crippen LogP contribution >= 0.6 is 0 Å². The molecule has 6 saturated heterocycles. The van der Waals surface area contributed by atoms with Crippen LogP contribution in [0.2, 0.25) is 0 Å². The van der Waals surface area contributed by atoms with Gasteiger partial charge in [0.05, 0.1) is 39.6 Å². The quantitative estimate of drug-likeness (QED) is 0.0444. The van der Waals surface area contributed by atoms with Crippen LogP contribution in [0.1, 0.15) is 442 Å². The highest BCUT2D eigenvalue weighted by Crippen LogP contribution is 2.50. The zero-order valence-corrected chi connectivity index (χ0v) is 97.7. The zero-order valence-electron chi connectivity index (χ0n) is 97.7. The number of hydroxylamine groups is 12. The molecule has 0 unspecified atom stereocenters. The van der Waals surface area contributed by atoms with Gasteiger partial charge in [-0.1, -0.05) is 122 Å². The summed E-state index contributed by atoms with van der Waals surface area (Å²) in [5, 5.41) is 25.8. The van der Waals surface area contributed by atoms with Crippen LogP contribution in [0.3, 0.4) is 0 Å². The smallest absolute Gasteiger partial charge is 0.232 e. The molecule has 0 atom stereocenters. The fourth-order valence-corrected chi connectivity index (χ4v) is 25.8. The maximum absolute atomic E-state index is 6.80. The molecule has 0 radical (unpaired) electrons. The van der Waals surface area contributed by atoms with Crippen LogP contribution in [0.15, 0.2) is 0 Å². The predicted octanol–water partition coefficient (Wildman–Crippen LogP) is 22.7. The summed E-state index contributed by atoms with van der Waals surface area (Å²) in [4.78, 5) is 111. The van der Waals surface area contributed by atoms with Crippen LogP contribution < -0.4 is 50.2 Å². The van der Waals surface area contributed by atoms with E-state index in [0.29, 0.717) is 109 Å². The highest BCUT2D eigenvalue weighted by molar-refractivity contribution is 5.52. The minimum Gasteiger partial charge on any atom is -0.353 e. The van der Waals surface area contributed by atoms with Crippen molar-refractivity contribution in [1.82, 2.24) is 80.6 Å². The van der Waals surface area contributed by atoms with Crippen LogP contribution in [-0.4, -0.2) is 296 Å². The van der Waals surface area contributed by atoms with Gasteiger partial charge in [0.25, 0.3) is 0 Å². The Kier molecular flexibility index (Phi) is 44.4. The number of hydrogen-bond acceptors (Lipinski definition) is 31. The van der Waals surface area contributed by atoms with Gasteiger partial charge < -0.3 is 50.2 Å². The Hall–Kier alpha value is -5.29. The summed E-state index contributed by atoms with van der Waals surface area (Å²) in [5.74, 6) is 6.11. The van der Waals surface area contributed by atoms with E-state index in [1.807, 2.05) is 0 Å². The van der Waals surface area contributed by atoms with E-state index in [9.17, 15) is 0 Å². The average Bonchev–Trinajstić information content (AvgIpc) is 0.781. The maximum atomic E-state index is 6.80. The molecular formula is C111H213N25O6. The van der Waals surface area contributed by atoms with Crippen molar-refractivity contribution >= 4 is 53.5 Å². The number of anilines is 9. The highest BCUT2D eigenvalue weighted by atomic mass is 16.7. The van der Waals surface area contributed by atoms with E-state index in [1.165, 1.54) is 0 Å². The highest BCUT2D eigenvalue weighted by Gasteiger charge is 2.56. The maximum Gasteiger partial charge on any atom is 0.232 e. The van der Waals surface area contributed by atoms with Gasteiger partial charge >= 0.3 is 0 Å². The molecule has 0 bridgehead atoms. The fraction of sp³-hybridized carbons (Fsp3) is 0.919. The van der Waals surface area contributed by atoms with Crippen molar-refractivity contribution in [2.75, 3.05) is 163 Å². The third-order valence-electron chi connectivity index (χ3n) is 30.6. The molecule has 818 valence electrons. The van der Waals surface area contributed by atoms with Gasteiger partial charge in [0, 0.05) is 181 Å². The first-order valence-corrected chi connectivity index (χ1v) is 57.2. The first kappa shape index (κ1) is 120. The van der Waals surface area contributed by atoms with Crippen LogP contribution in [-0.2, 0) is 29.0 Å². The van der Waals surface area contributed by atoms with Gasteiger partial charge in [0.1, 0.15) is 0 Å². The van der Waals surface area contributed by atoms with Crippen LogP contribution in [0.4, 0.5) is 53.5 Å². The summed E-state index contributed by atoms with van der Waals surface area (Å²) in [6.07, 6.45) is 28.1. The van der Waals surface area contributed by atoms with E-state index >= 15 is 0 Å². The Morgan fingerprint density at radius 3 is 0.563 bits per heavy atom. The molecule has 9 rings (SSSR count). The molecule has 0 aliphatic carbocycles. The third-order valence-corrected chi connectivity index (χ3v) is 30.6. The van der Waals surface area contributed by atoms with Crippen molar-refractivity contribution in [2.24, 2.45) is 0 Å². The monoisotopic (exact) mass is 1990 g/mol. The number of nitrogens with zero attached hydrogens (tertiary/aromatic N) is 22. The first-order valence-electron chi connectivity index (χ1n) is 57.2. The molecule has 142 heavy (non-hydrogen) atoms. The Morgan fingerprint density at radius 1 is 0.211 bits per heavy atom. The molecule has 3 aromatic rings. The lowest BCUT2D eigenvalue weighted by Crippen LogP contribution is -2.64. The van der Waals surface area contributed by atoms with E-state index in [4.69, 9.17) is 73.9 Å². The summed E-state index contributed by atoms with van der Waals surface area (Å²) in [6.45, 7) is 95.8. The molecule has 0 saturated carbocycles. The van der Waals surface area contributed by atoms with Crippen LogP contribution in [0.5, 0.6) is 0 Å². The van der Waals surface area contributed by atoms with E-state index < -0.39 is 0 Å². The van der Waals surface area contributed by atoms with E-state index in [0.717, 1.165) is 256 Å². The second-order valence-electron chi connectivity index (χ2n) is 50.5. The summed E-state index contributed by atoms with van der Waals surface area (Å²) in [6, 6.07) is 0.617. The minimum atomic E-state index is -0.316. The number of aromatic nitrogens is 9. The van der Waals surface area contributed by atoms with Crippen molar-refractivity contribution in [1.29, 1.82) is 0 Å². The lowest BCUT2D eigenvalue weighted by atomic mass is 9.78.